The van der Waals surface area contributed by atoms with Gasteiger partial charge in [-0.1, -0.05) is 43.5 Å². The van der Waals surface area contributed by atoms with Gasteiger partial charge >= 0.3 is 0 Å². The number of benzene rings is 2. The molecule has 30 heavy (non-hydrogen) atoms. The molecule has 0 aliphatic carbocycles. The normalized spacial score (nSPS) is 12.5. The number of anilines is 2. The van der Waals surface area contributed by atoms with Gasteiger partial charge in [0.05, 0.1) is 11.4 Å². The largest absolute Gasteiger partial charge is 0.356 e. The number of aldehydes is 1. The number of carbonyl (C=O) groups excluding carboxylic acids is 1. The van der Waals surface area contributed by atoms with Crippen molar-refractivity contribution >= 4 is 29.1 Å². The van der Waals surface area contributed by atoms with Crippen molar-refractivity contribution in [2.75, 3.05) is 10.6 Å². The van der Waals surface area contributed by atoms with E-state index in [9.17, 15) is 4.79 Å². The molecule has 0 saturated heterocycles. The molecular formula is C26H25N3O. The summed E-state index contributed by atoms with van der Waals surface area (Å²) in [5.41, 5.74) is 8.63. The molecule has 1 aliphatic heterocycles. The van der Waals surface area contributed by atoms with Crippen LogP contribution >= 0.6 is 0 Å². The highest BCUT2D eigenvalue weighted by molar-refractivity contribution is 6.06. The summed E-state index contributed by atoms with van der Waals surface area (Å²) < 4.78 is 0. The van der Waals surface area contributed by atoms with Crippen molar-refractivity contribution in [1.29, 1.82) is 0 Å². The maximum Gasteiger partial charge on any atom is 0.142 e. The molecule has 3 rings (SSSR count). The summed E-state index contributed by atoms with van der Waals surface area (Å²) in [6.45, 7) is 13.7. The van der Waals surface area contributed by atoms with Crippen LogP contribution in [0.3, 0.4) is 0 Å². The van der Waals surface area contributed by atoms with Crippen molar-refractivity contribution in [2.24, 2.45) is 4.99 Å². The summed E-state index contributed by atoms with van der Waals surface area (Å²) in [6.07, 6.45) is 8.38. The molecule has 0 saturated carbocycles. The van der Waals surface area contributed by atoms with Gasteiger partial charge in [-0.2, -0.15) is 0 Å². The lowest BCUT2D eigenvalue weighted by atomic mass is 10.0. The molecule has 0 spiro atoms. The van der Waals surface area contributed by atoms with Crippen LogP contribution in [0.5, 0.6) is 0 Å². The van der Waals surface area contributed by atoms with Crippen molar-refractivity contribution in [3.8, 4) is 0 Å². The first-order chi connectivity index (χ1) is 14.4. The van der Waals surface area contributed by atoms with E-state index in [1.807, 2.05) is 55.5 Å². The summed E-state index contributed by atoms with van der Waals surface area (Å²) in [4.78, 5) is 15.2. The second kappa shape index (κ2) is 9.52. The van der Waals surface area contributed by atoms with Crippen LogP contribution in [0.2, 0.25) is 0 Å². The fourth-order valence-corrected chi connectivity index (χ4v) is 3.04. The van der Waals surface area contributed by atoms with E-state index in [0.29, 0.717) is 5.70 Å². The Labute approximate surface area is 177 Å². The molecule has 0 bridgehead atoms. The quantitative estimate of drug-likeness (QED) is 0.306. The fraction of sp³-hybridized carbons (Fsp3) is 0.0769. The van der Waals surface area contributed by atoms with Gasteiger partial charge < -0.3 is 10.6 Å². The van der Waals surface area contributed by atoms with Crippen molar-refractivity contribution in [3.05, 3.63) is 115 Å². The zero-order valence-electron chi connectivity index (χ0n) is 17.1. The SMILES string of the molecule is C=C(C)/C=C\C(=C)Nc1ccc2c(c1)CC(c1ccc(NC(=C)/C=C\C=O)cc1)=N2. The Morgan fingerprint density at radius 3 is 2.30 bits per heavy atom. The van der Waals surface area contributed by atoms with Gasteiger partial charge in [0.25, 0.3) is 0 Å². The molecule has 0 radical (unpaired) electrons. The number of nitrogens with one attached hydrogen (secondary N) is 2. The lowest BCUT2D eigenvalue weighted by Crippen LogP contribution is -2.02. The van der Waals surface area contributed by atoms with Crippen molar-refractivity contribution in [1.82, 2.24) is 0 Å². The number of hydrogen-bond donors (Lipinski definition) is 2. The average molecular weight is 396 g/mol. The second-order valence-electron chi connectivity index (χ2n) is 7.13. The molecule has 0 unspecified atom stereocenters. The maximum absolute atomic E-state index is 10.4. The molecule has 2 aromatic rings. The van der Waals surface area contributed by atoms with Gasteiger partial charge in [0.15, 0.2) is 0 Å². The summed E-state index contributed by atoms with van der Waals surface area (Å²) in [6, 6.07) is 14.2. The summed E-state index contributed by atoms with van der Waals surface area (Å²) >= 11 is 0. The van der Waals surface area contributed by atoms with Crippen molar-refractivity contribution in [2.45, 2.75) is 13.3 Å². The molecule has 0 amide bonds. The first-order valence-electron chi connectivity index (χ1n) is 9.63. The fourth-order valence-electron chi connectivity index (χ4n) is 3.04. The van der Waals surface area contributed by atoms with E-state index in [4.69, 9.17) is 4.99 Å². The van der Waals surface area contributed by atoms with Crippen LogP contribution in [0.25, 0.3) is 0 Å². The minimum absolute atomic E-state index is 0.653. The van der Waals surface area contributed by atoms with E-state index in [1.165, 1.54) is 11.6 Å². The Morgan fingerprint density at radius 2 is 1.60 bits per heavy atom. The second-order valence-corrected chi connectivity index (χ2v) is 7.13. The Hall–Kier alpha value is -3.92. The standard InChI is InChI=1S/C26H25N3O/c1-18(2)7-8-20(4)28-24-13-14-25-22(16-24)17-26(29-25)21-9-11-23(12-10-21)27-19(3)6-5-15-30/h5-16,27-28H,1,3-4,17H2,2H3/b6-5-,8-7-. The summed E-state index contributed by atoms with van der Waals surface area (Å²) in [7, 11) is 0. The molecule has 0 aromatic heterocycles. The van der Waals surface area contributed by atoms with Crippen LogP contribution in [0.4, 0.5) is 17.1 Å². The zero-order chi connectivity index (χ0) is 21.5. The highest BCUT2D eigenvalue weighted by atomic mass is 16.1. The topological polar surface area (TPSA) is 53.5 Å². The third-order valence-corrected chi connectivity index (χ3v) is 4.47. The molecule has 4 nitrogen and oxygen atoms in total. The minimum atomic E-state index is 0.653. The Bertz CT molecular complexity index is 1090. The predicted molar refractivity (Wildman–Crippen MR) is 127 cm³/mol. The molecule has 0 atom stereocenters. The Kier molecular flexibility index (Phi) is 6.60. The highest BCUT2D eigenvalue weighted by Crippen LogP contribution is 2.32. The molecule has 1 aliphatic rings. The van der Waals surface area contributed by atoms with E-state index < -0.39 is 0 Å². The van der Waals surface area contributed by atoms with E-state index in [2.05, 4.69) is 36.4 Å². The Morgan fingerprint density at radius 1 is 0.933 bits per heavy atom. The third kappa shape index (κ3) is 5.55. The van der Waals surface area contributed by atoms with Gasteiger partial charge in [0, 0.05) is 29.2 Å². The smallest absolute Gasteiger partial charge is 0.142 e. The predicted octanol–water partition coefficient (Wildman–Crippen LogP) is 6.10. The number of hydrogen-bond acceptors (Lipinski definition) is 4. The van der Waals surface area contributed by atoms with Crippen LogP contribution in [0.15, 0.2) is 108 Å². The van der Waals surface area contributed by atoms with Gasteiger partial charge in [-0.25, -0.2) is 0 Å². The summed E-state index contributed by atoms with van der Waals surface area (Å²) in [5.74, 6) is 0. The molecule has 150 valence electrons. The number of fused-ring (bicyclic) bond motifs is 1. The van der Waals surface area contributed by atoms with E-state index in [1.54, 1.807) is 6.08 Å². The Balaban J connectivity index is 1.65. The number of nitrogens with zero attached hydrogens (tertiary/aromatic N) is 1. The molecular weight excluding hydrogens is 370 g/mol. The third-order valence-electron chi connectivity index (χ3n) is 4.47. The van der Waals surface area contributed by atoms with Crippen LogP contribution in [0, 0.1) is 0 Å². The van der Waals surface area contributed by atoms with Crippen LogP contribution in [0.1, 0.15) is 18.1 Å². The molecule has 2 aromatic carbocycles. The maximum atomic E-state index is 10.4. The van der Waals surface area contributed by atoms with Gasteiger partial charge in [-0.15, -0.1) is 0 Å². The number of carbonyl (C=O) groups is 1. The molecule has 0 fully saturated rings. The van der Waals surface area contributed by atoms with Crippen molar-refractivity contribution in [3.63, 3.8) is 0 Å². The van der Waals surface area contributed by atoms with Gasteiger partial charge in [0.1, 0.15) is 6.29 Å². The van der Waals surface area contributed by atoms with E-state index in [0.717, 1.165) is 52.3 Å². The minimum Gasteiger partial charge on any atom is -0.356 e. The first-order valence-corrected chi connectivity index (χ1v) is 9.63. The van der Waals surface area contributed by atoms with Gasteiger partial charge in [0.2, 0.25) is 0 Å². The molecule has 4 heteroatoms. The number of rotatable bonds is 9. The number of allylic oxidation sites excluding steroid dienone is 5. The van der Waals surface area contributed by atoms with Crippen LogP contribution in [-0.4, -0.2) is 12.0 Å². The summed E-state index contributed by atoms with van der Waals surface area (Å²) in [5, 5.41) is 6.45. The molecule has 1 heterocycles. The van der Waals surface area contributed by atoms with Gasteiger partial charge in [-0.3, -0.25) is 9.79 Å². The van der Waals surface area contributed by atoms with E-state index >= 15 is 0 Å². The van der Waals surface area contributed by atoms with Crippen LogP contribution < -0.4 is 10.6 Å². The van der Waals surface area contributed by atoms with Crippen molar-refractivity contribution < 1.29 is 4.79 Å². The zero-order valence-corrected chi connectivity index (χ0v) is 17.1. The lowest BCUT2D eigenvalue weighted by Gasteiger charge is -2.08. The van der Waals surface area contributed by atoms with Crippen LogP contribution in [-0.2, 0) is 11.2 Å². The monoisotopic (exact) mass is 395 g/mol. The van der Waals surface area contributed by atoms with E-state index in [-0.39, 0.29) is 0 Å². The molecule has 2 N–H and O–H groups in total. The number of aliphatic imine (C=N–C) groups is 1. The first kappa shape index (κ1) is 20.8. The highest BCUT2D eigenvalue weighted by Gasteiger charge is 2.16. The van der Waals surface area contributed by atoms with Gasteiger partial charge in [-0.05, 0) is 66.6 Å². The average Bonchev–Trinajstić information content (AvgIpc) is 3.14. The lowest BCUT2D eigenvalue weighted by molar-refractivity contribution is -0.104.